The highest BCUT2D eigenvalue weighted by atomic mass is 79.9. The second-order valence-corrected chi connectivity index (χ2v) is 5.87. The zero-order valence-electron chi connectivity index (χ0n) is 12.4. The van der Waals surface area contributed by atoms with Crippen molar-refractivity contribution in [2.24, 2.45) is 0 Å². The zero-order chi connectivity index (χ0) is 15.2. The highest BCUT2D eigenvalue weighted by Crippen LogP contribution is 2.17. The summed E-state index contributed by atoms with van der Waals surface area (Å²) < 4.78 is 2.81. The summed E-state index contributed by atoms with van der Waals surface area (Å²) in [7, 11) is 1.82. The number of nitrogens with zero attached hydrogens (tertiary/aromatic N) is 3. The molecule has 0 bridgehead atoms. The molecule has 1 amide bonds. The first kappa shape index (κ1) is 15.8. The number of aromatic nitrogens is 2. The first-order chi connectivity index (χ1) is 10.1. The van der Waals surface area contributed by atoms with Gasteiger partial charge in [-0.1, -0.05) is 30.3 Å². The molecule has 0 spiro atoms. The number of carbonyl (C=O) groups is 1. The van der Waals surface area contributed by atoms with E-state index < -0.39 is 0 Å². The normalized spacial score (nSPS) is 10.6. The number of carbonyl (C=O) groups excluding carboxylic acids is 1. The maximum Gasteiger partial charge on any atom is 0.222 e. The van der Waals surface area contributed by atoms with Crippen LogP contribution in [0.3, 0.4) is 0 Å². The smallest absolute Gasteiger partial charge is 0.222 e. The Morgan fingerprint density at radius 2 is 2.05 bits per heavy atom. The summed E-state index contributed by atoms with van der Waals surface area (Å²) >= 11 is 3.49. The van der Waals surface area contributed by atoms with Crippen molar-refractivity contribution in [2.75, 3.05) is 7.05 Å². The average molecular weight is 350 g/mol. The fourth-order valence-electron chi connectivity index (χ4n) is 2.11. The molecule has 0 saturated heterocycles. The number of benzene rings is 1. The van der Waals surface area contributed by atoms with Gasteiger partial charge in [-0.05, 0) is 34.8 Å². The van der Waals surface area contributed by atoms with E-state index in [-0.39, 0.29) is 5.91 Å². The largest absolute Gasteiger partial charge is 0.340 e. The molecule has 2 rings (SSSR count). The van der Waals surface area contributed by atoms with E-state index in [1.54, 1.807) is 4.90 Å². The van der Waals surface area contributed by atoms with Crippen molar-refractivity contribution in [1.29, 1.82) is 0 Å². The topological polar surface area (TPSA) is 38.1 Å². The highest BCUT2D eigenvalue weighted by Gasteiger charge is 2.13. The second-order valence-electron chi connectivity index (χ2n) is 5.01. The fraction of sp³-hybridized carbons (Fsp3) is 0.375. The number of halogens is 1. The minimum absolute atomic E-state index is 0.136. The monoisotopic (exact) mass is 349 g/mol. The van der Waals surface area contributed by atoms with Gasteiger partial charge in [-0.2, -0.15) is 5.10 Å². The Hall–Kier alpha value is -1.62. The minimum Gasteiger partial charge on any atom is -0.340 e. The molecule has 112 valence electrons. The Bertz CT molecular complexity index is 595. The van der Waals surface area contributed by atoms with Crippen LogP contribution in [0, 0.1) is 0 Å². The number of aryl methyl sites for hydroxylation is 2. The number of hydrogen-bond donors (Lipinski definition) is 0. The molecule has 5 heteroatoms. The summed E-state index contributed by atoms with van der Waals surface area (Å²) in [4.78, 5) is 13.9. The van der Waals surface area contributed by atoms with E-state index in [1.165, 1.54) is 5.56 Å². The van der Waals surface area contributed by atoms with Crippen molar-refractivity contribution >= 4 is 21.8 Å². The lowest BCUT2D eigenvalue weighted by Crippen LogP contribution is -2.26. The van der Waals surface area contributed by atoms with Gasteiger partial charge in [0.15, 0.2) is 0 Å². The van der Waals surface area contributed by atoms with Gasteiger partial charge in [0.1, 0.15) is 0 Å². The number of amides is 1. The van der Waals surface area contributed by atoms with Crippen LogP contribution in [-0.2, 0) is 24.3 Å². The van der Waals surface area contributed by atoms with Crippen molar-refractivity contribution in [3.8, 4) is 0 Å². The lowest BCUT2D eigenvalue weighted by Gasteiger charge is -2.16. The second kappa shape index (κ2) is 7.41. The number of hydrogen-bond acceptors (Lipinski definition) is 2. The minimum atomic E-state index is 0.136. The summed E-state index contributed by atoms with van der Waals surface area (Å²) in [5.41, 5.74) is 2.09. The van der Waals surface area contributed by atoms with Gasteiger partial charge in [-0.15, -0.1) is 0 Å². The summed E-state index contributed by atoms with van der Waals surface area (Å²) in [6.45, 7) is 3.39. The lowest BCUT2D eigenvalue weighted by molar-refractivity contribution is -0.130. The maximum atomic E-state index is 12.2. The Balaban J connectivity index is 1.88. The Morgan fingerprint density at radius 3 is 2.67 bits per heavy atom. The Labute approximate surface area is 133 Å². The van der Waals surface area contributed by atoms with Crippen molar-refractivity contribution in [3.63, 3.8) is 0 Å². The van der Waals surface area contributed by atoms with Crippen LogP contribution in [-0.4, -0.2) is 27.6 Å². The van der Waals surface area contributed by atoms with E-state index >= 15 is 0 Å². The molecule has 0 aliphatic rings. The molecule has 0 fully saturated rings. The summed E-state index contributed by atoms with van der Waals surface area (Å²) in [5.74, 6) is 0.136. The van der Waals surface area contributed by atoms with Crippen LogP contribution in [0.2, 0.25) is 0 Å². The predicted molar refractivity (Wildman–Crippen MR) is 86.8 cm³/mol. The van der Waals surface area contributed by atoms with Crippen LogP contribution in [0.1, 0.15) is 24.6 Å². The molecular weight excluding hydrogens is 330 g/mol. The van der Waals surface area contributed by atoms with Gasteiger partial charge < -0.3 is 4.90 Å². The first-order valence-corrected chi connectivity index (χ1v) is 7.89. The van der Waals surface area contributed by atoms with Crippen molar-refractivity contribution in [1.82, 2.24) is 14.7 Å². The molecule has 0 unspecified atom stereocenters. The molecule has 21 heavy (non-hydrogen) atoms. The third-order valence-corrected chi connectivity index (χ3v) is 4.06. The molecule has 2 aromatic rings. The Morgan fingerprint density at radius 1 is 1.33 bits per heavy atom. The zero-order valence-corrected chi connectivity index (χ0v) is 14.0. The quantitative estimate of drug-likeness (QED) is 0.802. The molecular formula is C16H20BrN3O. The van der Waals surface area contributed by atoms with E-state index in [0.717, 1.165) is 23.1 Å². The molecule has 0 N–H and O–H groups in total. The third-order valence-electron chi connectivity index (χ3n) is 3.39. The highest BCUT2D eigenvalue weighted by molar-refractivity contribution is 9.10. The fourth-order valence-corrected chi connectivity index (χ4v) is 2.55. The molecule has 0 atom stereocenters. The summed E-state index contributed by atoms with van der Waals surface area (Å²) in [5, 5.41) is 4.44. The van der Waals surface area contributed by atoms with Gasteiger partial charge >= 0.3 is 0 Å². The van der Waals surface area contributed by atoms with Gasteiger partial charge in [0.05, 0.1) is 16.7 Å². The third kappa shape index (κ3) is 4.43. The van der Waals surface area contributed by atoms with E-state index in [9.17, 15) is 4.79 Å². The molecule has 4 nitrogen and oxygen atoms in total. The molecule has 0 radical (unpaired) electrons. The SMILES string of the molecule is CCn1cc(Br)c(CN(C)C(=O)CCc2ccccc2)n1. The van der Waals surface area contributed by atoms with Crippen LogP contribution >= 0.6 is 15.9 Å². The van der Waals surface area contributed by atoms with Crippen LogP contribution < -0.4 is 0 Å². The standard InChI is InChI=1S/C16H20BrN3O/c1-3-20-11-14(17)15(18-20)12-19(2)16(21)10-9-13-7-5-4-6-8-13/h4-8,11H,3,9-10,12H2,1-2H3. The molecule has 1 aromatic heterocycles. The van der Waals surface area contributed by atoms with Gasteiger partial charge in [-0.25, -0.2) is 0 Å². The van der Waals surface area contributed by atoms with Gasteiger partial charge in [-0.3, -0.25) is 9.48 Å². The molecule has 0 aliphatic heterocycles. The van der Waals surface area contributed by atoms with E-state index in [4.69, 9.17) is 0 Å². The van der Waals surface area contributed by atoms with Crippen LogP contribution in [0.5, 0.6) is 0 Å². The molecule has 1 aromatic carbocycles. The van der Waals surface area contributed by atoms with Crippen molar-refractivity contribution in [3.05, 3.63) is 52.3 Å². The first-order valence-electron chi connectivity index (χ1n) is 7.10. The van der Waals surface area contributed by atoms with Gasteiger partial charge in [0.25, 0.3) is 0 Å². The predicted octanol–water partition coefficient (Wildman–Crippen LogP) is 3.26. The van der Waals surface area contributed by atoms with Crippen molar-refractivity contribution < 1.29 is 4.79 Å². The van der Waals surface area contributed by atoms with E-state index in [0.29, 0.717) is 13.0 Å². The molecule has 0 aliphatic carbocycles. The van der Waals surface area contributed by atoms with Crippen molar-refractivity contribution in [2.45, 2.75) is 32.9 Å². The number of rotatable bonds is 6. The van der Waals surface area contributed by atoms with Crippen LogP contribution in [0.4, 0.5) is 0 Å². The average Bonchev–Trinajstić information content (AvgIpc) is 2.86. The van der Waals surface area contributed by atoms with Gasteiger partial charge in [0.2, 0.25) is 5.91 Å². The molecule has 0 saturated carbocycles. The lowest BCUT2D eigenvalue weighted by atomic mass is 10.1. The van der Waals surface area contributed by atoms with Gasteiger partial charge in [0, 0.05) is 26.2 Å². The van der Waals surface area contributed by atoms with Crippen LogP contribution in [0.15, 0.2) is 41.0 Å². The van der Waals surface area contributed by atoms with E-state index in [2.05, 4.69) is 21.0 Å². The Kier molecular flexibility index (Phi) is 5.56. The summed E-state index contributed by atoms with van der Waals surface area (Å²) in [6.07, 6.45) is 3.23. The van der Waals surface area contributed by atoms with Crippen LogP contribution in [0.25, 0.3) is 0 Å². The maximum absolute atomic E-state index is 12.2. The van der Waals surface area contributed by atoms with E-state index in [1.807, 2.05) is 55.2 Å². The molecule has 1 heterocycles. The summed E-state index contributed by atoms with van der Waals surface area (Å²) in [6, 6.07) is 10.1.